The Hall–Kier alpha value is -0.940. The molecule has 2 rings (SSSR count). The third kappa shape index (κ3) is 2.41. The molecule has 2 atom stereocenters. The minimum atomic E-state index is 0.455. The molecule has 0 radical (unpaired) electrons. The number of hydrogen-bond donors (Lipinski definition) is 1. The van der Waals surface area contributed by atoms with E-state index in [4.69, 9.17) is 10.2 Å². The van der Waals surface area contributed by atoms with Crippen molar-refractivity contribution in [1.29, 1.82) is 0 Å². The van der Waals surface area contributed by atoms with Gasteiger partial charge in [-0.3, -0.25) is 4.90 Å². The highest BCUT2D eigenvalue weighted by Crippen LogP contribution is 2.23. The molecule has 5 heteroatoms. The Morgan fingerprint density at radius 2 is 2.25 bits per heavy atom. The minimum Gasteiger partial charge on any atom is -0.424 e. The van der Waals surface area contributed by atoms with Crippen molar-refractivity contribution in [1.82, 2.24) is 15.1 Å². The van der Waals surface area contributed by atoms with Crippen LogP contribution < -0.4 is 5.73 Å². The van der Waals surface area contributed by atoms with E-state index in [1.54, 1.807) is 0 Å². The van der Waals surface area contributed by atoms with Crippen LogP contribution in [0.3, 0.4) is 0 Å². The Kier molecular flexibility index (Phi) is 3.56. The van der Waals surface area contributed by atoms with Gasteiger partial charge in [0.2, 0.25) is 11.8 Å². The molecule has 1 saturated heterocycles. The first-order chi connectivity index (χ1) is 7.70. The van der Waals surface area contributed by atoms with E-state index in [9.17, 15) is 0 Å². The Labute approximate surface area is 96.0 Å². The maximum Gasteiger partial charge on any atom is 0.230 e. The van der Waals surface area contributed by atoms with Crippen LogP contribution in [0.4, 0.5) is 0 Å². The lowest BCUT2D eigenvalue weighted by Gasteiger charge is -2.39. The Bertz CT molecular complexity index is 338. The average Bonchev–Trinajstić information content (AvgIpc) is 2.67. The largest absolute Gasteiger partial charge is 0.424 e. The van der Waals surface area contributed by atoms with Gasteiger partial charge in [0.15, 0.2) is 0 Å². The smallest absolute Gasteiger partial charge is 0.230 e. The molecule has 1 fully saturated rings. The van der Waals surface area contributed by atoms with Crippen molar-refractivity contribution in [2.45, 2.75) is 51.7 Å². The molecule has 0 amide bonds. The van der Waals surface area contributed by atoms with Crippen LogP contribution in [0.15, 0.2) is 4.42 Å². The average molecular weight is 224 g/mol. The van der Waals surface area contributed by atoms with Crippen LogP contribution in [0, 0.1) is 6.92 Å². The molecule has 2 N–H and O–H groups in total. The highest BCUT2D eigenvalue weighted by atomic mass is 16.4. The number of aromatic nitrogens is 2. The molecule has 0 bridgehead atoms. The normalized spacial score (nSPS) is 27.2. The lowest BCUT2D eigenvalue weighted by molar-refractivity contribution is 0.0791. The summed E-state index contributed by atoms with van der Waals surface area (Å²) in [5.74, 6) is 1.33. The first-order valence-electron chi connectivity index (χ1n) is 5.95. The van der Waals surface area contributed by atoms with Crippen molar-refractivity contribution in [3.8, 4) is 0 Å². The van der Waals surface area contributed by atoms with Crippen molar-refractivity contribution < 1.29 is 4.42 Å². The summed E-state index contributed by atoms with van der Waals surface area (Å²) in [7, 11) is 0. The molecule has 1 aromatic heterocycles. The summed E-state index contributed by atoms with van der Waals surface area (Å²) in [5, 5.41) is 7.90. The summed E-state index contributed by atoms with van der Waals surface area (Å²) in [5.41, 5.74) is 5.81. The van der Waals surface area contributed by atoms with E-state index in [1.807, 2.05) is 6.92 Å². The van der Waals surface area contributed by atoms with E-state index in [1.165, 1.54) is 19.3 Å². The number of likely N-dealkylation sites (tertiary alicyclic amines) is 1. The monoisotopic (exact) mass is 224 g/mol. The molecule has 90 valence electrons. The van der Waals surface area contributed by atoms with Crippen molar-refractivity contribution in [3.63, 3.8) is 0 Å². The van der Waals surface area contributed by atoms with Gasteiger partial charge in [0.05, 0.1) is 6.54 Å². The summed E-state index contributed by atoms with van der Waals surface area (Å²) in [6, 6.07) is 1.01. The molecule has 16 heavy (non-hydrogen) atoms. The van der Waals surface area contributed by atoms with Crippen molar-refractivity contribution in [2.24, 2.45) is 5.73 Å². The van der Waals surface area contributed by atoms with Crippen molar-refractivity contribution >= 4 is 0 Å². The van der Waals surface area contributed by atoms with Crippen molar-refractivity contribution in [3.05, 3.63) is 11.8 Å². The number of piperidine rings is 1. The zero-order valence-electron chi connectivity index (χ0n) is 10.0. The standard InChI is InChI=1S/C11H20N4O/c1-8-4-3-5-10(6-12)15(8)7-11-14-13-9(2)16-11/h8,10H,3-7,12H2,1-2H3. The van der Waals surface area contributed by atoms with Gasteiger partial charge in [0, 0.05) is 25.6 Å². The highest BCUT2D eigenvalue weighted by molar-refractivity contribution is 4.87. The second-order valence-electron chi connectivity index (χ2n) is 4.56. The van der Waals surface area contributed by atoms with E-state index in [-0.39, 0.29) is 0 Å². The Morgan fingerprint density at radius 1 is 1.44 bits per heavy atom. The second kappa shape index (κ2) is 4.93. The molecule has 1 aliphatic heterocycles. The molecule has 2 heterocycles. The fraction of sp³-hybridized carbons (Fsp3) is 0.818. The van der Waals surface area contributed by atoms with Crippen LogP contribution in [-0.2, 0) is 6.54 Å². The van der Waals surface area contributed by atoms with Gasteiger partial charge in [0.1, 0.15) is 0 Å². The van der Waals surface area contributed by atoms with Crippen molar-refractivity contribution in [2.75, 3.05) is 6.54 Å². The van der Waals surface area contributed by atoms with Gasteiger partial charge < -0.3 is 10.2 Å². The van der Waals surface area contributed by atoms with E-state index in [0.717, 1.165) is 6.54 Å². The Balaban J connectivity index is 2.05. The zero-order chi connectivity index (χ0) is 11.5. The topological polar surface area (TPSA) is 68.2 Å². The third-order valence-corrected chi connectivity index (χ3v) is 3.35. The van der Waals surface area contributed by atoms with E-state index in [2.05, 4.69) is 22.0 Å². The first-order valence-corrected chi connectivity index (χ1v) is 5.95. The zero-order valence-corrected chi connectivity index (χ0v) is 10.0. The number of nitrogens with zero attached hydrogens (tertiary/aromatic N) is 3. The fourth-order valence-corrected chi connectivity index (χ4v) is 2.44. The van der Waals surface area contributed by atoms with Gasteiger partial charge in [-0.1, -0.05) is 6.42 Å². The van der Waals surface area contributed by atoms with Gasteiger partial charge in [-0.15, -0.1) is 10.2 Å². The quantitative estimate of drug-likeness (QED) is 0.832. The molecule has 1 aromatic rings. The first kappa shape index (κ1) is 11.5. The summed E-state index contributed by atoms with van der Waals surface area (Å²) >= 11 is 0. The summed E-state index contributed by atoms with van der Waals surface area (Å²) in [6.07, 6.45) is 3.67. The molecular weight excluding hydrogens is 204 g/mol. The number of nitrogens with two attached hydrogens (primary N) is 1. The molecular formula is C11H20N4O. The van der Waals surface area contributed by atoms with Gasteiger partial charge in [-0.25, -0.2) is 0 Å². The van der Waals surface area contributed by atoms with Gasteiger partial charge in [0.25, 0.3) is 0 Å². The number of aryl methyl sites for hydroxylation is 1. The van der Waals surface area contributed by atoms with E-state index >= 15 is 0 Å². The number of hydrogen-bond acceptors (Lipinski definition) is 5. The molecule has 1 aliphatic rings. The molecule has 2 unspecified atom stereocenters. The minimum absolute atomic E-state index is 0.455. The lowest BCUT2D eigenvalue weighted by atomic mass is 9.96. The SMILES string of the molecule is Cc1nnc(CN2C(C)CCCC2CN)o1. The van der Waals surface area contributed by atoms with E-state index < -0.39 is 0 Å². The molecule has 0 aliphatic carbocycles. The Morgan fingerprint density at radius 3 is 2.88 bits per heavy atom. The van der Waals surface area contributed by atoms with Crippen LogP contribution in [0.2, 0.25) is 0 Å². The molecule has 5 nitrogen and oxygen atoms in total. The predicted octanol–water partition coefficient (Wildman–Crippen LogP) is 1.08. The van der Waals surface area contributed by atoms with Crippen LogP contribution >= 0.6 is 0 Å². The lowest BCUT2D eigenvalue weighted by Crippen LogP contribution is -2.48. The van der Waals surface area contributed by atoms with Gasteiger partial charge in [-0.2, -0.15) is 0 Å². The molecule has 0 saturated carbocycles. The molecule has 0 spiro atoms. The van der Waals surface area contributed by atoms with Gasteiger partial charge >= 0.3 is 0 Å². The maximum atomic E-state index is 5.81. The summed E-state index contributed by atoms with van der Waals surface area (Å²) in [4.78, 5) is 2.39. The van der Waals surface area contributed by atoms with Crippen LogP contribution in [0.5, 0.6) is 0 Å². The van der Waals surface area contributed by atoms with Crippen LogP contribution in [0.1, 0.15) is 38.0 Å². The molecule has 0 aromatic carbocycles. The summed E-state index contributed by atoms with van der Waals surface area (Å²) < 4.78 is 5.42. The summed E-state index contributed by atoms with van der Waals surface area (Å²) in [6.45, 7) is 5.49. The third-order valence-electron chi connectivity index (χ3n) is 3.35. The highest BCUT2D eigenvalue weighted by Gasteiger charge is 2.28. The fourth-order valence-electron chi connectivity index (χ4n) is 2.44. The van der Waals surface area contributed by atoms with Crippen LogP contribution in [-0.4, -0.2) is 33.7 Å². The van der Waals surface area contributed by atoms with E-state index in [0.29, 0.717) is 30.4 Å². The number of rotatable bonds is 3. The second-order valence-corrected chi connectivity index (χ2v) is 4.56. The maximum absolute atomic E-state index is 5.81. The predicted molar refractivity (Wildman–Crippen MR) is 60.7 cm³/mol. The van der Waals surface area contributed by atoms with Gasteiger partial charge in [-0.05, 0) is 19.8 Å². The van der Waals surface area contributed by atoms with Crippen LogP contribution in [0.25, 0.3) is 0 Å².